The Labute approximate surface area is 165 Å². The Bertz CT molecular complexity index is 901. The van der Waals surface area contributed by atoms with Crippen LogP contribution >= 0.6 is 0 Å². The molecule has 3 aliphatic rings. The Hall–Kier alpha value is -2.60. The van der Waals surface area contributed by atoms with E-state index in [1.54, 1.807) is 9.80 Å². The molecule has 3 saturated heterocycles. The number of carbonyl (C=O) groups is 2. The van der Waals surface area contributed by atoms with Gasteiger partial charge in [-0.2, -0.15) is 0 Å². The Balaban J connectivity index is 1.24. The molecular weight excluding hydrogens is 352 g/mol. The van der Waals surface area contributed by atoms with Crippen molar-refractivity contribution in [2.75, 3.05) is 50.8 Å². The zero-order valence-electron chi connectivity index (χ0n) is 16.1. The van der Waals surface area contributed by atoms with Crippen LogP contribution in [0, 0.1) is 0 Å². The van der Waals surface area contributed by atoms with Gasteiger partial charge in [0.1, 0.15) is 12.6 Å². The first-order chi connectivity index (χ1) is 13.7. The maximum Gasteiger partial charge on any atom is 0.246 e. The van der Waals surface area contributed by atoms with Gasteiger partial charge in [-0.25, -0.2) is 0 Å². The number of amides is 2. The predicted molar refractivity (Wildman–Crippen MR) is 109 cm³/mol. The molecule has 0 saturated carbocycles. The standard InChI is InChI=1S/C22H26N4O2/c27-21-15-25(22(28)20-9-4-10-26(20)21)16-23-11-13-24(14-12-23)19-8-3-6-17-5-1-2-7-18(17)19/h1-3,5-8,20H,4,9-16H2/t20-/m1/s1. The number of benzene rings is 2. The summed E-state index contributed by atoms with van der Waals surface area (Å²) in [4.78, 5) is 33.4. The Kier molecular flexibility index (Phi) is 4.43. The van der Waals surface area contributed by atoms with E-state index >= 15 is 0 Å². The number of anilines is 1. The van der Waals surface area contributed by atoms with E-state index in [1.165, 1.54) is 16.5 Å². The molecule has 1 atom stereocenters. The van der Waals surface area contributed by atoms with Gasteiger partial charge in [0.05, 0.1) is 6.67 Å². The van der Waals surface area contributed by atoms with Gasteiger partial charge >= 0.3 is 0 Å². The van der Waals surface area contributed by atoms with Crippen LogP contribution in [0.2, 0.25) is 0 Å². The summed E-state index contributed by atoms with van der Waals surface area (Å²) < 4.78 is 0. The van der Waals surface area contributed by atoms with Crippen LogP contribution in [0.25, 0.3) is 10.8 Å². The number of fused-ring (bicyclic) bond motifs is 2. The van der Waals surface area contributed by atoms with E-state index in [9.17, 15) is 9.59 Å². The van der Waals surface area contributed by atoms with Gasteiger partial charge in [0, 0.05) is 43.8 Å². The van der Waals surface area contributed by atoms with E-state index in [0.717, 1.165) is 45.6 Å². The largest absolute Gasteiger partial charge is 0.368 e. The van der Waals surface area contributed by atoms with Crippen molar-refractivity contribution in [3.8, 4) is 0 Å². The van der Waals surface area contributed by atoms with Gasteiger partial charge < -0.3 is 14.7 Å². The SMILES string of the molecule is O=C1[C@H]2CCCN2C(=O)CN1CN1CCN(c2cccc3ccccc23)CC1. The molecule has 28 heavy (non-hydrogen) atoms. The van der Waals surface area contributed by atoms with Crippen molar-refractivity contribution < 1.29 is 9.59 Å². The molecule has 0 radical (unpaired) electrons. The molecule has 3 fully saturated rings. The zero-order chi connectivity index (χ0) is 19.1. The van der Waals surface area contributed by atoms with Crippen LogP contribution in [-0.2, 0) is 9.59 Å². The molecule has 0 spiro atoms. The Morgan fingerprint density at radius 2 is 1.68 bits per heavy atom. The average Bonchev–Trinajstić information content (AvgIpc) is 3.23. The first kappa shape index (κ1) is 17.5. The van der Waals surface area contributed by atoms with E-state index in [-0.39, 0.29) is 24.4 Å². The van der Waals surface area contributed by atoms with Crippen molar-refractivity contribution in [1.82, 2.24) is 14.7 Å². The molecule has 5 rings (SSSR count). The van der Waals surface area contributed by atoms with Crippen molar-refractivity contribution in [3.05, 3.63) is 42.5 Å². The second kappa shape index (κ2) is 7.09. The third-order valence-electron chi connectivity index (χ3n) is 6.35. The highest BCUT2D eigenvalue weighted by atomic mass is 16.2. The molecule has 0 aliphatic carbocycles. The summed E-state index contributed by atoms with van der Waals surface area (Å²) in [6.07, 6.45) is 1.76. The summed E-state index contributed by atoms with van der Waals surface area (Å²) in [6.45, 7) is 5.20. The maximum atomic E-state index is 12.8. The van der Waals surface area contributed by atoms with E-state index in [4.69, 9.17) is 0 Å². The molecule has 2 amide bonds. The molecule has 3 aliphatic heterocycles. The van der Waals surface area contributed by atoms with Crippen molar-refractivity contribution >= 4 is 28.3 Å². The molecule has 2 aromatic rings. The Morgan fingerprint density at radius 1 is 0.893 bits per heavy atom. The lowest BCUT2D eigenvalue weighted by atomic mass is 10.1. The van der Waals surface area contributed by atoms with E-state index < -0.39 is 0 Å². The minimum Gasteiger partial charge on any atom is -0.368 e. The summed E-state index contributed by atoms with van der Waals surface area (Å²) in [7, 11) is 0. The minimum absolute atomic E-state index is 0.108. The maximum absolute atomic E-state index is 12.8. The van der Waals surface area contributed by atoms with Crippen LogP contribution in [0.15, 0.2) is 42.5 Å². The average molecular weight is 378 g/mol. The lowest BCUT2D eigenvalue weighted by molar-refractivity contribution is -0.155. The molecule has 0 aromatic heterocycles. The molecule has 6 nitrogen and oxygen atoms in total. The van der Waals surface area contributed by atoms with Gasteiger partial charge in [-0.3, -0.25) is 14.5 Å². The van der Waals surface area contributed by atoms with Crippen molar-refractivity contribution in [2.45, 2.75) is 18.9 Å². The van der Waals surface area contributed by atoms with Crippen molar-refractivity contribution in [1.29, 1.82) is 0 Å². The Morgan fingerprint density at radius 3 is 2.54 bits per heavy atom. The second-order valence-corrected chi connectivity index (χ2v) is 8.03. The zero-order valence-corrected chi connectivity index (χ0v) is 16.1. The summed E-state index contributed by atoms with van der Waals surface area (Å²) in [6, 6.07) is 14.8. The molecule has 6 heteroatoms. The highest BCUT2D eigenvalue weighted by molar-refractivity contribution is 5.95. The summed E-state index contributed by atoms with van der Waals surface area (Å²) in [5, 5.41) is 2.55. The third-order valence-corrected chi connectivity index (χ3v) is 6.35. The van der Waals surface area contributed by atoms with Crippen LogP contribution < -0.4 is 4.90 Å². The lowest BCUT2D eigenvalue weighted by Gasteiger charge is -2.42. The van der Waals surface area contributed by atoms with Gasteiger partial charge in [-0.1, -0.05) is 36.4 Å². The molecule has 0 unspecified atom stereocenters. The van der Waals surface area contributed by atoms with Gasteiger partial charge in [0.25, 0.3) is 0 Å². The van der Waals surface area contributed by atoms with Gasteiger partial charge in [-0.05, 0) is 24.3 Å². The smallest absolute Gasteiger partial charge is 0.246 e. The molecule has 3 heterocycles. The highest BCUT2D eigenvalue weighted by Crippen LogP contribution is 2.28. The summed E-state index contributed by atoms with van der Waals surface area (Å²) in [5.74, 6) is 0.241. The first-order valence-corrected chi connectivity index (χ1v) is 10.2. The van der Waals surface area contributed by atoms with Gasteiger partial charge in [0.2, 0.25) is 11.8 Å². The minimum atomic E-state index is -0.210. The number of piperazine rings is 2. The van der Waals surface area contributed by atoms with E-state index in [2.05, 4.69) is 52.3 Å². The quantitative estimate of drug-likeness (QED) is 0.817. The fourth-order valence-electron chi connectivity index (χ4n) is 4.84. The molecular formula is C22H26N4O2. The molecule has 0 bridgehead atoms. The lowest BCUT2D eigenvalue weighted by Crippen LogP contribution is -2.60. The number of carbonyl (C=O) groups excluding carboxylic acids is 2. The highest BCUT2D eigenvalue weighted by Gasteiger charge is 2.42. The van der Waals surface area contributed by atoms with Crippen LogP contribution in [0.4, 0.5) is 5.69 Å². The number of hydrogen-bond donors (Lipinski definition) is 0. The fourth-order valence-corrected chi connectivity index (χ4v) is 4.84. The van der Waals surface area contributed by atoms with Gasteiger partial charge in [0.15, 0.2) is 0 Å². The number of hydrogen-bond acceptors (Lipinski definition) is 4. The van der Waals surface area contributed by atoms with Crippen LogP contribution in [0.3, 0.4) is 0 Å². The van der Waals surface area contributed by atoms with Crippen molar-refractivity contribution in [3.63, 3.8) is 0 Å². The van der Waals surface area contributed by atoms with Crippen LogP contribution in [-0.4, -0.2) is 78.5 Å². The topological polar surface area (TPSA) is 47.1 Å². The second-order valence-electron chi connectivity index (χ2n) is 8.03. The monoisotopic (exact) mass is 378 g/mol. The first-order valence-electron chi connectivity index (χ1n) is 10.2. The van der Waals surface area contributed by atoms with E-state index in [0.29, 0.717) is 6.67 Å². The number of rotatable bonds is 3. The molecule has 146 valence electrons. The third kappa shape index (κ3) is 3.02. The number of nitrogens with zero attached hydrogens (tertiary/aromatic N) is 4. The summed E-state index contributed by atoms with van der Waals surface area (Å²) >= 11 is 0. The van der Waals surface area contributed by atoms with E-state index in [1.807, 2.05) is 0 Å². The molecule has 0 N–H and O–H groups in total. The fraction of sp³-hybridized carbons (Fsp3) is 0.455. The van der Waals surface area contributed by atoms with Gasteiger partial charge in [-0.15, -0.1) is 0 Å². The van der Waals surface area contributed by atoms with Crippen molar-refractivity contribution in [2.24, 2.45) is 0 Å². The predicted octanol–water partition coefficient (Wildman–Crippen LogP) is 1.75. The van der Waals surface area contributed by atoms with Crippen LogP contribution in [0.5, 0.6) is 0 Å². The van der Waals surface area contributed by atoms with Crippen LogP contribution in [0.1, 0.15) is 12.8 Å². The normalized spacial score (nSPS) is 23.6. The summed E-state index contributed by atoms with van der Waals surface area (Å²) in [5.41, 5.74) is 1.28. The molecule has 2 aromatic carbocycles.